The summed E-state index contributed by atoms with van der Waals surface area (Å²) in [4.78, 5) is 12.4. The van der Waals surface area contributed by atoms with Crippen LogP contribution >= 0.6 is 0 Å². The minimum absolute atomic E-state index is 0.0366. The summed E-state index contributed by atoms with van der Waals surface area (Å²) >= 11 is 0. The monoisotopic (exact) mass is 361 g/mol. The minimum Gasteiger partial charge on any atom is -0.335 e. The maximum atomic E-state index is 13.8. The lowest BCUT2D eigenvalue weighted by atomic mass is 10.2. The average molecular weight is 361 g/mol. The fraction of sp³-hybridized carbons (Fsp3) is 0.118. The summed E-state index contributed by atoms with van der Waals surface area (Å²) in [6, 6.07) is 11.3. The molecule has 2 aromatic carbocycles. The van der Waals surface area contributed by atoms with Crippen molar-refractivity contribution in [3.05, 3.63) is 60.5 Å². The number of fused-ring (bicyclic) bond motifs is 1. The van der Waals surface area contributed by atoms with E-state index in [1.54, 1.807) is 35.9 Å². The summed E-state index contributed by atoms with van der Waals surface area (Å²) < 4.78 is 37.9. The standard InChI is InChI=1S/C17H16FN3O3S/c1-11(21-10-9-14-15(18)3-2-4-16(14)21)17(22)20-12-5-7-13(8-6-12)25(19,23)24/h2-11H,1H3,(H,20,22)(H2,19,23,24). The molecule has 3 rings (SSSR count). The van der Waals surface area contributed by atoms with Gasteiger partial charge in [0.15, 0.2) is 0 Å². The van der Waals surface area contributed by atoms with E-state index in [1.165, 1.54) is 30.3 Å². The highest BCUT2D eigenvalue weighted by atomic mass is 32.2. The SMILES string of the molecule is CC(C(=O)Nc1ccc(S(N)(=O)=O)cc1)n1ccc2c(F)cccc21. The number of rotatable bonds is 4. The quantitative estimate of drug-likeness (QED) is 0.748. The number of hydrogen-bond acceptors (Lipinski definition) is 3. The van der Waals surface area contributed by atoms with Crippen LogP contribution in [-0.2, 0) is 14.8 Å². The molecule has 25 heavy (non-hydrogen) atoms. The van der Waals surface area contributed by atoms with Crippen molar-refractivity contribution < 1.29 is 17.6 Å². The van der Waals surface area contributed by atoms with Gasteiger partial charge < -0.3 is 9.88 Å². The summed E-state index contributed by atoms with van der Waals surface area (Å²) in [6.45, 7) is 1.69. The predicted molar refractivity (Wildman–Crippen MR) is 93.1 cm³/mol. The summed E-state index contributed by atoms with van der Waals surface area (Å²) in [5, 5.41) is 8.18. The fourth-order valence-corrected chi connectivity index (χ4v) is 3.11. The predicted octanol–water partition coefficient (Wildman–Crippen LogP) is 2.63. The Balaban J connectivity index is 1.82. The molecule has 0 bridgehead atoms. The third-order valence-electron chi connectivity index (χ3n) is 3.96. The molecule has 0 aliphatic carbocycles. The number of carbonyl (C=O) groups is 1. The summed E-state index contributed by atoms with van der Waals surface area (Å²) in [6.07, 6.45) is 1.65. The molecule has 0 radical (unpaired) electrons. The molecule has 1 amide bonds. The van der Waals surface area contributed by atoms with Crippen molar-refractivity contribution in [3.63, 3.8) is 0 Å². The van der Waals surface area contributed by atoms with Gasteiger partial charge in [-0.1, -0.05) is 6.07 Å². The van der Waals surface area contributed by atoms with Crippen LogP contribution in [0.1, 0.15) is 13.0 Å². The van der Waals surface area contributed by atoms with Gasteiger partial charge in [0, 0.05) is 17.3 Å². The molecule has 1 heterocycles. The van der Waals surface area contributed by atoms with E-state index in [0.29, 0.717) is 16.6 Å². The molecule has 0 saturated carbocycles. The first-order valence-electron chi connectivity index (χ1n) is 7.46. The van der Waals surface area contributed by atoms with Gasteiger partial charge in [-0.3, -0.25) is 4.79 Å². The number of nitrogens with one attached hydrogen (secondary N) is 1. The van der Waals surface area contributed by atoms with E-state index >= 15 is 0 Å². The molecule has 3 N–H and O–H groups in total. The van der Waals surface area contributed by atoms with Crippen molar-refractivity contribution in [1.29, 1.82) is 0 Å². The summed E-state index contributed by atoms with van der Waals surface area (Å²) in [5.41, 5.74) is 1.05. The van der Waals surface area contributed by atoms with Gasteiger partial charge in [0.25, 0.3) is 0 Å². The topological polar surface area (TPSA) is 94.2 Å². The second-order valence-corrected chi connectivity index (χ2v) is 7.19. The third kappa shape index (κ3) is 3.40. The van der Waals surface area contributed by atoms with Gasteiger partial charge >= 0.3 is 0 Å². The zero-order valence-electron chi connectivity index (χ0n) is 13.3. The Morgan fingerprint density at radius 3 is 2.48 bits per heavy atom. The van der Waals surface area contributed by atoms with Crippen molar-refractivity contribution in [3.8, 4) is 0 Å². The summed E-state index contributed by atoms with van der Waals surface area (Å²) in [7, 11) is -3.78. The maximum absolute atomic E-state index is 13.8. The molecule has 0 aliphatic rings. The molecule has 8 heteroatoms. The van der Waals surface area contributed by atoms with E-state index in [0.717, 1.165) is 0 Å². The molecule has 130 valence electrons. The molecule has 1 aromatic heterocycles. The van der Waals surface area contributed by atoms with E-state index < -0.39 is 16.1 Å². The largest absolute Gasteiger partial charge is 0.335 e. The Morgan fingerprint density at radius 1 is 1.16 bits per heavy atom. The molecule has 1 atom stereocenters. The van der Waals surface area contributed by atoms with Gasteiger partial charge in [-0.15, -0.1) is 0 Å². The smallest absolute Gasteiger partial charge is 0.247 e. The van der Waals surface area contributed by atoms with Crippen LogP contribution in [0.25, 0.3) is 10.9 Å². The Kier molecular flexibility index (Phi) is 4.32. The van der Waals surface area contributed by atoms with E-state index in [4.69, 9.17) is 5.14 Å². The highest BCUT2D eigenvalue weighted by Crippen LogP contribution is 2.23. The number of sulfonamides is 1. The van der Waals surface area contributed by atoms with Crippen molar-refractivity contribution in [1.82, 2.24) is 4.57 Å². The first-order chi connectivity index (χ1) is 11.8. The number of hydrogen-bond donors (Lipinski definition) is 2. The van der Waals surface area contributed by atoms with Crippen LogP contribution < -0.4 is 10.5 Å². The van der Waals surface area contributed by atoms with Gasteiger partial charge in [-0.25, -0.2) is 17.9 Å². The van der Waals surface area contributed by atoms with Gasteiger partial charge in [0.2, 0.25) is 15.9 Å². The van der Waals surface area contributed by atoms with Crippen LogP contribution in [-0.4, -0.2) is 18.9 Å². The van der Waals surface area contributed by atoms with Gasteiger partial charge in [0.1, 0.15) is 11.9 Å². The molecule has 6 nitrogen and oxygen atoms in total. The first-order valence-corrected chi connectivity index (χ1v) is 9.01. The highest BCUT2D eigenvalue weighted by molar-refractivity contribution is 7.89. The van der Waals surface area contributed by atoms with Crippen molar-refractivity contribution >= 4 is 32.5 Å². The number of nitrogens with two attached hydrogens (primary N) is 1. The van der Waals surface area contributed by atoms with E-state index in [-0.39, 0.29) is 16.6 Å². The van der Waals surface area contributed by atoms with Gasteiger partial charge in [-0.2, -0.15) is 0 Å². The number of aromatic nitrogens is 1. The Hall–Kier alpha value is -2.71. The average Bonchev–Trinajstić information content (AvgIpc) is 2.99. The normalized spacial score (nSPS) is 12.9. The molecule has 0 fully saturated rings. The van der Waals surface area contributed by atoms with Crippen LogP contribution in [0.15, 0.2) is 59.6 Å². The Bertz CT molecular complexity index is 1040. The molecule has 0 spiro atoms. The Morgan fingerprint density at radius 2 is 1.84 bits per heavy atom. The lowest BCUT2D eigenvalue weighted by molar-refractivity contribution is -0.118. The van der Waals surface area contributed by atoms with Gasteiger partial charge in [0.05, 0.1) is 10.4 Å². The molecule has 3 aromatic rings. The lowest BCUT2D eigenvalue weighted by Gasteiger charge is -2.15. The molecule has 0 aliphatic heterocycles. The second kappa shape index (κ2) is 6.30. The van der Waals surface area contributed by atoms with E-state index in [1.807, 2.05) is 0 Å². The van der Waals surface area contributed by atoms with Crippen molar-refractivity contribution in [2.45, 2.75) is 17.9 Å². The maximum Gasteiger partial charge on any atom is 0.247 e. The van der Waals surface area contributed by atoms with Crippen LogP contribution in [0.4, 0.5) is 10.1 Å². The van der Waals surface area contributed by atoms with Crippen LogP contribution in [0.5, 0.6) is 0 Å². The van der Waals surface area contributed by atoms with E-state index in [2.05, 4.69) is 5.32 Å². The number of halogens is 1. The zero-order chi connectivity index (χ0) is 18.2. The number of nitrogens with zero attached hydrogens (tertiary/aromatic N) is 1. The van der Waals surface area contributed by atoms with Crippen LogP contribution in [0.3, 0.4) is 0 Å². The third-order valence-corrected chi connectivity index (χ3v) is 4.89. The molecule has 1 unspecified atom stereocenters. The van der Waals surface area contributed by atoms with Crippen LogP contribution in [0, 0.1) is 5.82 Å². The van der Waals surface area contributed by atoms with Crippen molar-refractivity contribution in [2.24, 2.45) is 5.14 Å². The number of amides is 1. The van der Waals surface area contributed by atoms with Gasteiger partial charge in [-0.05, 0) is 49.4 Å². The highest BCUT2D eigenvalue weighted by Gasteiger charge is 2.18. The van der Waals surface area contributed by atoms with Crippen molar-refractivity contribution in [2.75, 3.05) is 5.32 Å². The minimum atomic E-state index is -3.78. The fourth-order valence-electron chi connectivity index (χ4n) is 2.59. The second-order valence-electron chi connectivity index (χ2n) is 5.63. The molecular weight excluding hydrogens is 345 g/mol. The van der Waals surface area contributed by atoms with Crippen LogP contribution in [0.2, 0.25) is 0 Å². The Labute approximate surface area is 144 Å². The molecule has 0 saturated heterocycles. The van der Waals surface area contributed by atoms with E-state index in [9.17, 15) is 17.6 Å². The zero-order valence-corrected chi connectivity index (χ0v) is 14.1. The number of carbonyl (C=O) groups excluding carboxylic acids is 1. The lowest BCUT2D eigenvalue weighted by Crippen LogP contribution is -2.23. The number of benzene rings is 2. The number of anilines is 1. The molecular formula is C17H16FN3O3S. The first kappa shape index (κ1) is 17.1. The number of primary sulfonamides is 1. The summed E-state index contributed by atoms with van der Waals surface area (Å²) in [5.74, 6) is -0.660.